The van der Waals surface area contributed by atoms with Crippen LogP contribution in [-0.2, 0) is 0 Å². The topological polar surface area (TPSA) is 62.3 Å². The third-order valence-electron chi connectivity index (χ3n) is 4.24. The van der Waals surface area contributed by atoms with Crippen LogP contribution in [0.5, 0.6) is 0 Å². The second-order valence-corrected chi connectivity index (χ2v) is 6.01. The molecule has 1 aromatic carbocycles. The van der Waals surface area contributed by atoms with Crippen molar-refractivity contribution >= 4 is 11.8 Å². The number of likely N-dealkylation sites (tertiary alicyclic amines) is 1. The molecule has 1 N–H and O–H groups in total. The summed E-state index contributed by atoms with van der Waals surface area (Å²) in [7, 11) is 0. The van der Waals surface area contributed by atoms with Gasteiger partial charge in [-0.3, -0.25) is 9.59 Å². The molecular weight excluding hydrogens is 302 g/mol. The van der Waals surface area contributed by atoms with E-state index >= 15 is 0 Å². The zero-order valence-electron chi connectivity index (χ0n) is 13.7. The third-order valence-corrected chi connectivity index (χ3v) is 4.24. The quantitative estimate of drug-likeness (QED) is 0.941. The van der Waals surface area contributed by atoms with Crippen LogP contribution < -0.4 is 5.32 Å². The summed E-state index contributed by atoms with van der Waals surface area (Å²) in [5.41, 5.74) is 1.62. The number of pyridine rings is 1. The number of hydrogen-bond acceptors (Lipinski definition) is 3. The van der Waals surface area contributed by atoms with Gasteiger partial charge in [-0.1, -0.05) is 36.4 Å². The standard InChI is InChI=1S/C19H21N3O2/c1-14(15-8-3-2-4-9-15)20-18(23)16-10-7-11-17(21-16)19(24)22-12-5-6-13-22/h2-4,7-11,14H,5-6,12-13H2,1H3,(H,20,23). The molecule has 5 nitrogen and oxygen atoms in total. The molecule has 0 saturated carbocycles. The van der Waals surface area contributed by atoms with Crippen LogP contribution >= 0.6 is 0 Å². The first-order chi connectivity index (χ1) is 11.6. The lowest BCUT2D eigenvalue weighted by Crippen LogP contribution is -2.30. The monoisotopic (exact) mass is 323 g/mol. The number of aromatic nitrogens is 1. The van der Waals surface area contributed by atoms with E-state index < -0.39 is 0 Å². The second kappa shape index (κ2) is 7.25. The van der Waals surface area contributed by atoms with Gasteiger partial charge in [0.15, 0.2) is 0 Å². The van der Waals surface area contributed by atoms with Crippen LogP contribution in [-0.4, -0.2) is 34.8 Å². The van der Waals surface area contributed by atoms with Crippen LogP contribution in [0.4, 0.5) is 0 Å². The van der Waals surface area contributed by atoms with Crippen molar-refractivity contribution in [3.63, 3.8) is 0 Å². The molecule has 1 atom stereocenters. The molecular formula is C19H21N3O2. The molecule has 3 rings (SSSR count). The molecule has 1 unspecified atom stereocenters. The maximum absolute atomic E-state index is 12.4. The van der Waals surface area contributed by atoms with Crippen molar-refractivity contribution in [1.29, 1.82) is 0 Å². The van der Waals surface area contributed by atoms with E-state index in [4.69, 9.17) is 0 Å². The average molecular weight is 323 g/mol. The van der Waals surface area contributed by atoms with Crippen LogP contribution in [0.15, 0.2) is 48.5 Å². The molecule has 1 aliphatic heterocycles. The van der Waals surface area contributed by atoms with E-state index in [2.05, 4.69) is 10.3 Å². The van der Waals surface area contributed by atoms with Crippen molar-refractivity contribution in [3.8, 4) is 0 Å². The van der Waals surface area contributed by atoms with Gasteiger partial charge in [-0.2, -0.15) is 0 Å². The number of nitrogens with one attached hydrogen (secondary N) is 1. The number of benzene rings is 1. The fraction of sp³-hybridized carbons (Fsp3) is 0.316. The largest absolute Gasteiger partial charge is 0.344 e. The predicted octanol–water partition coefficient (Wildman–Crippen LogP) is 2.81. The Balaban J connectivity index is 1.71. The van der Waals surface area contributed by atoms with Crippen LogP contribution in [0.1, 0.15) is 52.3 Å². The summed E-state index contributed by atoms with van der Waals surface area (Å²) in [5.74, 6) is -0.374. The summed E-state index contributed by atoms with van der Waals surface area (Å²) in [4.78, 5) is 30.9. The summed E-state index contributed by atoms with van der Waals surface area (Å²) in [5, 5.41) is 2.92. The predicted molar refractivity (Wildman–Crippen MR) is 91.7 cm³/mol. The Morgan fingerprint density at radius 1 is 1.00 bits per heavy atom. The van der Waals surface area contributed by atoms with Gasteiger partial charge in [-0.15, -0.1) is 0 Å². The molecule has 1 saturated heterocycles. The number of carbonyl (C=O) groups excluding carboxylic acids is 2. The molecule has 24 heavy (non-hydrogen) atoms. The minimum Gasteiger partial charge on any atom is -0.344 e. The van der Waals surface area contributed by atoms with Gasteiger partial charge in [0, 0.05) is 13.1 Å². The van der Waals surface area contributed by atoms with Crippen molar-refractivity contribution < 1.29 is 9.59 Å². The Labute approximate surface area is 141 Å². The van der Waals surface area contributed by atoms with Gasteiger partial charge in [0.25, 0.3) is 11.8 Å². The Hall–Kier alpha value is -2.69. The lowest BCUT2D eigenvalue weighted by Gasteiger charge is -2.16. The van der Waals surface area contributed by atoms with Gasteiger partial charge in [0.05, 0.1) is 6.04 Å². The summed E-state index contributed by atoms with van der Waals surface area (Å²) >= 11 is 0. The van der Waals surface area contributed by atoms with Gasteiger partial charge < -0.3 is 10.2 Å². The molecule has 2 amide bonds. The maximum Gasteiger partial charge on any atom is 0.272 e. The highest BCUT2D eigenvalue weighted by atomic mass is 16.2. The normalized spacial score (nSPS) is 15.1. The maximum atomic E-state index is 12.4. The van der Waals surface area contributed by atoms with Crippen LogP contribution in [0.25, 0.3) is 0 Å². The first-order valence-electron chi connectivity index (χ1n) is 8.27. The van der Waals surface area contributed by atoms with E-state index in [0.717, 1.165) is 31.5 Å². The highest BCUT2D eigenvalue weighted by Gasteiger charge is 2.21. The third kappa shape index (κ3) is 3.62. The minimum absolute atomic E-state index is 0.0988. The molecule has 5 heteroatoms. The molecule has 2 aromatic rings. The molecule has 1 aromatic heterocycles. The van der Waals surface area contributed by atoms with E-state index in [-0.39, 0.29) is 23.6 Å². The van der Waals surface area contributed by atoms with Crippen molar-refractivity contribution in [1.82, 2.24) is 15.2 Å². The number of nitrogens with zero attached hydrogens (tertiary/aromatic N) is 2. The zero-order chi connectivity index (χ0) is 16.9. The highest BCUT2D eigenvalue weighted by Crippen LogP contribution is 2.14. The van der Waals surface area contributed by atoms with E-state index in [1.54, 1.807) is 23.1 Å². The van der Waals surface area contributed by atoms with E-state index in [1.807, 2.05) is 37.3 Å². The van der Waals surface area contributed by atoms with Crippen molar-refractivity contribution in [2.45, 2.75) is 25.8 Å². The zero-order valence-corrected chi connectivity index (χ0v) is 13.7. The van der Waals surface area contributed by atoms with E-state index in [1.165, 1.54) is 0 Å². The summed E-state index contributed by atoms with van der Waals surface area (Å²) in [6, 6.07) is 14.6. The molecule has 0 bridgehead atoms. The smallest absolute Gasteiger partial charge is 0.272 e. The molecule has 0 spiro atoms. The molecule has 2 heterocycles. The number of amides is 2. The van der Waals surface area contributed by atoms with Crippen molar-refractivity contribution in [2.75, 3.05) is 13.1 Å². The SMILES string of the molecule is CC(NC(=O)c1cccc(C(=O)N2CCCC2)n1)c1ccccc1. The molecule has 0 radical (unpaired) electrons. The van der Waals surface area contributed by atoms with Gasteiger partial charge in [0.2, 0.25) is 0 Å². The fourth-order valence-electron chi connectivity index (χ4n) is 2.86. The van der Waals surface area contributed by atoms with Gasteiger partial charge in [0.1, 0.15) is 11.4 Å². The molecule has 1 fully saturated rings. The van der Waals surface area contributed by atoms with E-state index in [0.29, 0.717) is 5.69 Å². The Morgan fingerprint density at radius 3 is 2.38 bits per heavy atom. The number of carbonyl (C=O) groups is 2. The van der Waals surface area contributed by atoms with Crippen LogP contribution in [0, 0.1) is 0 Å². The summed E-state index contributed by atoms with van der Waals surface area (Å²) < 4.78 is 0. The molecule has 124 valence electrons. The summed E-state index contributed by atoms with van der Waals surface area (Å²) in [6.07, 6.45) is 2.06. The number of rotatable bonds is 4. The van der Waals surface area contributed by atoms with Gasteiger partial charge in [-0.05, 0) is 37.5 Å². The van der Waals surface area contributed by atoms with Crippen molar-refractivity contribution in [2.24, 2.45) is 0 Å². The Morgan fingerprint density at radius 2 is 1.67 bits per heavy atom. The average Bonchev–Trinajstić information content (AvgIpc) is 3.16. The van der Waals surface area contributed by atoms with Gasteiger partial charge >= 0.3 is 0 Å². The number of hydrogen-bond donors (Lipinski definition) is 1. The Kier molecular flexibility index (Phi) is 4.89. The van der Waals surface area contributed by atoms with Crippen LogP contribution in [0.3, 0.4) is 0 Å². The Bertz CT molecular complexity index is 724. The van der Waals surface area contributed by atoms with Crippen molar-refractivity contribution in [3.05, 3.63) is 65.5 Å². The first-order valence-corrected chi connectivity index (χ1v) is 8.27. The fourth-order valence-corrected chi connectivity index (χ4v) is 2.86. The highest BCUT2D eigenvalue weighted by molar-refractivity contribution is 5.96. The first kappa shape index (κ1) is 16.2. The van der Waals surface area contributed by atoms with Crippen LogP contribution in [0.2, 0.25) is 0 Å². The second-order valence-electron chi connectivity index (χ2n) is 6.01. The lowest BCUT2D eigenvalue weighted by molar-refractivity contribution is 0.0787. The molecule has 0 aliphatic carbocycles. The van der Waals surface area contributed by atoms with E-state index in [9.17, 15) is 9.59 Å². The minimum atomic E-state index is -0.276. The lowest BCUT2D eigenvalue weighted by atomic mass is 10.1. The summed E-state index contributed by atoms with van der Waals surface area (Å²) in [6.45, 7) is 3.45. The molecule has 1 aliphatic rings. The van der Waals surface area contributed by atoms with Gasteiger partial charge in [-0.25, -0.2) is 4.98 Å².